The molecule has 0 aromatic rings. The summed E-state index contributed by atoms with van der Waals surface area (Å²) in [6, 6.07) is 0.193. The third-order valence-corrected chi connectivity index (χ3v) is 4.44. The molecule has 0 aliphatic carbocycles. The molecule has 0 spiro atoms. The highest BCUT2D eigenvalue weighted by molar-refractivity contribution is 14.0. The number of hydrogen-bond donors (Lipinski definition) is 2. The maximum atomic E-state index is 11.9. The fourth-order valence-corrected chi connectivity index (χ4v) is 2.76. The topological polar surface area (TPSA) is 95.5 Å². The number of amides is 2. The van der Waals surface area contributed by atoms with Gasteiger partial charge >= 0.3 is 6.09 Å². The number of ether oxygens (including phenoxy) is 2. The molecule has 0 bridgehead atoms. The minimum absolute atomic E-state index is 0. The second-order valence-electron chi connectivity index (χ2n) is 7.81. The molecule has 1 fully saturated rings. The van der Waals surface area contributed by atoms with Crippen molar-refractivity contribution in [2.24, 2.45) is 10.9 Å². The van der Waals surface area contributed by atoms with E-state index in [0.717, 1.165) is 25.9 Å². The molecule has 176 valence electrons. The van der Waals surface area contributed by atoms with Crippen molar-refractivity contribution in [3.8, 4) is 0 Å². The summed E-state index contributed by atoms with van der Waals surface area (Å²) in [5, 5.41) is 6.69. The van der Waals surface area contributed by atoms with Crippen molar-refractivity contribution in [3.05, 3.63) is 0 Å². The number of piperidine rings is 1. The number of carbonyl (C=O) groups excluding carboxylic acids is 2. The van der Waals surface area contributed by atoms with Gasteiger partial charge in [-0.3, -0.25) is 4.79 Å². The van der Waals surface area contributed by atoms with E-state index in [-0.39, 0.29) is 48.6 Å². The van der Waals surface area contributed by atoms with Gasteiger partial charge in [0.25, 0.3) is 0 Å². The summed E-state index contributed by atoms with van der Waals surface area (Å²) in [6.45, 7) is 9.98. The standard InChI is InChI=1S/C20H39N5O4.HI/c1-6-29-20(27)25-11-8-17(9-12-25)23-19(22-14-18(26)24(4)5)21-10-7-13-28-15-16(2)3;/h16-17H,6-15H2,1-5H3,(H2,21,22,23);1H. The van der Waals surface area contributed by atoms with E-state index in [1.165, 1.54) is 4.90 Å². The first-order valence-electron chi connectivity index (χ1n) is 10.6. The zero-order valence-electron chi connectivity index (χ0n) is 19.1. The van der Waals surface area contributed by atoms with Crippen molar-refractivity contribution < 1.29 is 19.1 Å². The molecule has 0 atom stereocenters. The fraction of sp³-hybridized carbons (Fsp3) is 0.850. The number of aliphatic imine (C=N–C) groups is 1. The van der Waals surface area contributed by atoms with Crippen molar-refractivity contribution in [1.29, 1.82) is 0 Å². The monoisotopic (exact) mass is 541 g/mol. The van der Waals surface area contributed by atoms with E-state index in [2.05, 4.69) is 29.5 Å². The third-order valence-electron chi connectivity index (χ3n) is 4.44. The van der Waals surface area contributed by atoms with Crippen molar-refractivity contribution in [2.45, 2.75) is 46.1 Å². The van der Waals surface area contributed by atoms with Crippen LogP contribution in [-0.4, -0.2) is 93.9 Å². The highest BCUT2D eigenvalue weighted by atomic mass is 127. The lowest BCUT2D eigenvalue weighted by molar-refractivity contribution is -0.127. The van der Waals surface area contributed by atoms with E-state index >= 15 is 0 Å². The number of guanidine groups is 1. The molecule has 30 heavy (non-hydrogen) atoms. The van der Waals surface area contributed by atoms with Crippen LogP contribution in [0.4, 0.5) is 4.79 Å². The number of nitrogens with one attached hydrogen (secondary N) is 2. The van der Waals surface area contributed by atoms with Gasteiger partial charge in [-0.25, -0.2) is 9.79 Å². The Hall–Kier alpha value is -1.30. The van der Waals surface area contributed by atoms with Gasteiger partial charge in [0.2, 0.25) is 5.91 Å². The first kappa shape index (κ1) is 28.7. The molecular weight excluding hydrogens is 501 g/mol. The zero-order valence-corrected chi connectivity index (χ0v) is 21.4. The highest BCUT2D eigenvalue weighted by Crippen LogP contribution is 2.11. The Morgan fingerprint density at radius 1 is 1.23 bits per heavy atom. The van der Waals surface area contributed by atoms with Gasteiger partial charge in [0, 0.05) is 53.0 Å². The van der Waals surface area contributed by atoms with Gasteiger partial charge in [0.05, 0.1) is 6.61 Å². The lowest BCUT2D eigenvalue weighted by Crippen LogP contribution is -2.50. The summed E-state index contributed by atoms with van der Waals surface area (Å²) < 4.78 is 10.7. The van der Waals surface area contributed by atoms with Crippen LogP contribution < -0.4 is 10.6 Å². The van der Waals surface area contributed by atoms with E-state index in [1.807, 2.05) is 6.92 Å². The van der Waals surface area contributed by atoms with E-state index in [9.17, 15) is 9.59 Å². The average molecular weight is 541 g/mol. The lowest BCUT2D eigenvalue weighted by Gasteiger charge is -2.32. The zero-order chi connectivity index (χ0) is 21.6. The molecule has 1 aliphatic rings. The molecule has 0 unspecified atom stereocenters. The predicted octanol–water partition coefficient (Wildman–Crippen LogP) is 1.91. The number of likely N-dealkylation sites (tertiary alicyclic amines) is 1. The van der Waals surface area contributed by atoms with Crippen molar-refractivity contribution in [1.82, 2.24) is 20.4 Å². The Labute approximate surface area is 198 Å². The SMILES string of the molecule is CCOC(=O)N1CCC(NC(=NCC(=O)N(C)C)NCCCOCC(C)C)CC1.I. The minimum Gasteiger partial charge on any atom is -0.450 e. The maximum absolute atomic E-state index is 11.9. The van der Waals surface area contributed by atoms with Gasteiger partial charge in [0.1, 0.15) is 6.54 Å². The minimum atomic E-state index is -0.254. The van der Waals surface area contributed by atoms with Crippen LogP contribution in [0.3, 0.4) is 0 Å². The molecule has 9 nitrogen and oxygen atoms in total. The second-order valence-corrected chi connectivity index (χ2v) is 7.81. The van der Waals surface area contributed by atoms with Gasteiger partial charge in [-0.15, -0.1) is 24.0 Å². The molecule has 1 aliphatic heterocycles. The Morgan fingerprint density at radius 3 is 2.47 bits per heavy atom. The van der Waals surface area contributed by atoms with Gasteiger partial charge in [0.15, 0.2) is 5.96 Å². The van der Waals surface area contributed by atoms with Crippen LogP contribution in [-0.2, 0) is 14.3 Å². The molecule has 1 saturated heterocycles. The van der Waals surface area contributed by atoms with E-state index in [1.54, 1.807) is 19.0 Å². The molecule has 0 aromatic heterocycles. The Kier molecular flexibility index (Phi) is 15.7. The van der Waals surface area contributed by atoms with Crippen LogP contribution in [0.25, 0.3) is 0 Å². The first-order chi connectivity index (χ1) is 13.8. The molecule has 1 heterocycles. The van der Waals surface area contributed by atoms with Gasteiger partial charge in [-0.1, -0.05) is 13.8 Å². The summed E-state index contributed by atoms with van der Waals surface area (Å²) in [5.74, 6) is 1.10. The normalized spacial score (nSPS) is 14.9. The van der Waals surface area contributed by atoms with Crippen molar-refractivity contribution >= 4 is 41.9 Å². The number of hydrogen-bond acceptors (Lipinski definition) is 5. The van der Waals surface area contributed by atoms with E-state index in [0.29, 0.717) is 44.7 Å². The van der Waals surface area contributed by atoms with Gasteiger partial charge in [-0.05, 0) is 32.1 Å². The molecule has 1 rings (SSSR count). The Balaban J connectivity index is 0.00000841. The third kappa shape index (κ3) is 12.4. The van der Waals surface area contributed by atoms with E-state index < -0.39 is 0 Å². The molecule has 0 saturated carbocycles. The predicted molar refractivity (Wildman–Crippen MR) is 129 cm³/mol. The van der Waals surface area contributed by atoms with Crippen LogP contribution in [0.5, 0.6) is 0 Å². The van der Waals surface area contributed by atoms with Crippen LogP contribution >= 0.6 is 24.0 Å². The summed E-state index contributed by atoms with van der Waals surface area (Å²) in [5.41, 5.74) is 0. The molecule has 2 amide bonds. The Morgan fingerprint density at radius 2 is 1.90 bits per heavy atom. The number of halogens is 1. The molecule has 2 N–H and O–H groups in total. The van der Waals surface area contributed by atoms with E-state index in [4.69, 9.17) is 9.47 Å². The van der Waals surface area contributed by atoms with Crippen LogP contribution in [0, 0.1) is 5.92 Å². The number of nitrogens with zero attached hydrogens (tertiary/aromatic N) is 3. The van der Waals surface area contributed by atoms with Crippen molar-refractivity contribution in [3.63, 3.8) is 0 Å². The quantitative estimate of drug-likeness (QED) is 0.190. The lowest BCUT2D eigenvalue weighted by atomic mass is 10.1. The maximum Gasteiger partial charge on any atom is 0.409 e. The highest BCUT2D eigenvalue weighted by Gasteiger charge is 2.24. The van der Waals surface area contributed by atoms with Gasteiger partial charge in [-0.2, -0.15) is 0 Å². The smallest absolute Gasteiger partial charge is 0.409 e. The largest absolute Gasteiger partial charge is 0.450 e. The first-order valence-corrected chi connectivity index (χ1v) is 10.6. The summed E-state index contributed by atoms with van der Waals surface area (Å²) in [4.78, 5) is 31.4. The van der Waals surface area contributed by atoms with Gasteiger partial charge < -0.3 is 29.9 Å². The summed E-state index contributed by atoms with van der Waals surface area (Å²) >= 11 is 0. The van der Waals surface area contributed by atoms with Crippen LogP contribution in [0.15, 0.2) is 4.99 Å². The second kappa shape index (κ2) is 16.4. The summed E-state index contributed by atoms with van der Waals surface area (Å²) in [7, 11) is 3.44. The Bertz CT molecular complexity index is 523. The fourth-order valence-electron chi connectivity index (χ4n) is 2.76. The molecule has 0 aromatic carbocycles. The summed E-state index contributed by atoms with van der Waals surface area (Å²) in [6.07, 6.45) is 2.21. The number of likely N-dealkylation sites (N-methyl/N-ethyl adjacent to an activating group) is 1. The molecular formula is C20H40IN5O4. The number of rotatable bonds is 10. The molecule has 10 heteroatoms. The van der Waals surface area contributed by atoms with Crippen LogP contribution in [0.1, 0.15) is 40.0 Å². The van der Waals surface area contributed by atoms with Crippen molar-refractivity contribution in [2.75, 3.05) is 60.1 Å². The van der Waals surface area contributed by atoms with Crippen LogP contribution in [0.2, 0.25) is 0 Å². The number of carbonyl (C=O) groups is 2. The molecule has 0 radical (unpaired) electrons. The average Bonchev–Trinajstić information content (AvgIpc) is 2.68.